The van der Waals surface area contributed by atoms with E-state index in [2.05, 4.69) is 24.3 Å². The Morgan fingerprint density at radius 2 is 1.63 bits per heavy atom. The Hall–Kier alpha value is -2.82. The van der Waals surface area contributed by atoms with Crippen LogP contribution in [0.25, 0.3) is 11.1 Å². The molecule has 0 bridgehead atoms. The van der Waals surface area contributed by atoms with Crippen molar-refractivity contribution in [3.63, 3.8) is 0 Å². The summed E-state index contributed by atoms with van der Waals surface area (Å²) in [5.74, 6) is -1.35. The van der Waals surface area contributed by atoms with Crippen LogP contribution in [0.4, 0.5) is 4.79 Å². The maximum absolute atomic E-state index is 12.7. The summed E-state index contributed by atoms with van der Waals surface area (Å²) < 4.78 is 5.67. The molecule has 0 unspecified atom stereocenters. The van der Waals surface area contributed by atoms with Crippen molar-refractivity contribution < 1.29 is 19.4 Å². The summed E-state index contributed by atoms with van der Waals surface area (Å²) in [6.45, 7) is 2.42. The highest BCUT2D eigenvalue weighted by Gasteiger charge is 2.35. The number of aliphatic carboxylic acids is 1. The number of piperidine rings is 1. The lowest BCUT2D eigenvalue weighted by molar-refractivity contribution is -0.143. The number of benzene rings is 2. The van der Waals surface area contributed by atoms with E-state index in [0.29, 0.717) is 12.8 Å². The van der Waals surface area contributed by atoms with Crippen molar-refractivity contribution >= 4 is 12.1 Å². The molecule has 140 valence electrons. The number of nitrogens with zero attached hydrogens (tertiary/aromatic N) is 1. The quantitative estimate of drug-likeness (QED) is 0.888. The van der Waals surface area contributed by atoms with Crippen molar-refractivity contribution in [2.24, 2.45) is 5.92 Å². The van der Waals surface area contributed by atoms with Gasteiger partial charge in [0, 0.05) is 18.5 Å². The van der Waals surface area contributed by atoms with Gasteiger partial charge in [-0.05, 0) is 42.0 Å². The first-order chi connectivity index (χ1) is 13.1. The lowest BCUT2D eigenvalue weighted by atomic mass is 9.94. The average Bonchev–Trinajstić information content (AvgIpc) is 3.00. The molecule has 1 fully saturated rings. The number of rotatable bonds is 3. The van der Waals surface area contributed by atoms with E-state index in [9.17, 15) is 14.7 Å². The van der Waals surface area contributed by atoms with Gasteiger partial charge in [0.25, 0.3) is 0 Å². The Bertz CT molecular complexity index is 833. The third-order valence-corrected chi connectivity index (χ3v) is 5.80. The second kappa shape index (κ2) is 7.06. The van der Waals surface area contributed by atoms with Crippen LogP contribution < -0.4 is 0 Å². The maximum Gasteiger partial charge on any atom is 0.410 e. The predicted molar refractivity (Wildman–Crippen MR) is 102 cm³/mol. The molecule has 27 heavy (non-hydrogen) atoms. The fraction of sp³-hybridized carbons (Fsp3) is 0.364. The predicted octanol–water partition coefficient (Wildman–Crippen LogP) is 4.12. The molecule has 5 nitrogen and oxygen atoms in total. The van der Waals surface area contributed by atoms with Gasteiger partial charge in [-0.1, -0.05) is 48.5 Å². The molecule has 1 aliphatic heterocycles. The van der Waals surface area contributed by atoms with Crippen LogP contribution in [0, 0.1) is 5.92 Å². The van der Waals surface area contributed by atoms with Crippen LogP contribution in [0.5, 0.6) is 0 Å². The van der Waals surface area contributed by atoms with Gasteiger partial charge in [-0.2, -0.15) is 0 Å². The zero-order valence-electron chi connectivity index (χ0n) is 15.3. The van der Waals surface area contributed by atoms with Crippen LogP contribution in [0.1, 0.15) is 36.8 Å². The van der Waals surface area contributed by atoms with Crippen molar-refractivity contribution in [3.05, 3.63) is 59.7 Å². The van der Waals surface area contributed by atoms with E-state index in [1.165, 1.54) is 22.3 Å². The first kappa shape index (κ1) is 17.6. The van der Waals surface area contributed by atoms with Gasteiger partial charge in [-0.25, -0.2) is 4.79 Å². The standard InChI is InChI=1S/C22H23NO4/c1-14-10-11-15(21(24)25)12-23(14)22(26)27-13-20-18-8-4-2-6-16(18)17-7-3-5-9-19(17)20/h2-9,14-15,20H,10-13H2,1H3,(H,24,25)/t14-,15-/m0/s1. The Kier molecular flexibility index (Phi) is 4.60. The highest BCUT2D eigenvalue weighted by Crippen LogP contribution is 2.44. The third kappa shape index (κ3) is 3.18. The van der Waals surface area contributed by atoms with Gasteiger partial charge >= 0.3 is 12.1 Å². The number of hydrogen-bond donors (Lipinski definition) is 1. The number of amides is 1. The fourth-order valence-electron chi connectivity index (χ4n) is 4.24. The Balaban J connectivity index is 1.50. The molecule has 0 radical (unpaired) electrons. The van der Waals surface area contributed by atoms with Gasteiger partial charge in [0.15, 0.2) is 0 Å². The molecule has 1 saturated heterocycles. The molecular formula is C22H23NO4. The summed E-state index contributed by atoms with van der Waals surface area (Å²) in [6, 6.07) is 16.4. The summed E-state index contributed by atoms with van der Waals surface area (Å²) in [5, 5.41) is 9.27. The molecular weight excluding hydrogens is 342 g/mol. The normalized spacial score (nSPS) is 21.4. The highest BCUT2D eigenvalue weighted by molar-refractivity contribution is 5.79. The highest BCUT2D eigenvalue weighted by atomic mass is 16.6. The number of likely N-dealkylation sites (tertiary alicyclic amines) is 1. The van der Waals surface area contributed by atoms with Crippen molar-refractivity contribution in [1.29, 1.82) is 0 Å². The minimum Gasteiger partial charge on any atom is -0.481 e. The van der Waals surface area contributed by atoms with E-state index in [0.717, 1.165) is 0 Å². The van der Waals surface area contributed by atoms with Crippen LogP contribution >= 0.6 is 0 Å². The summed E-state index contributed by atoms with van der Waals surface area (Å²) in [4.78, 5) is 25.5. The van der Waals surface area contributed by atoms with E-state index in [1.807, 2.05) is 31.2 Å². The maximum atomic E-state index is 12.7. The smallest absolute Gasteiger partial charge is 0.410 e. The minimum atomic E-state index is -0.849. The number of ether oxygens (including phenoxy) is 1. The van der Waals surface area contributed by atoms with Crippen molar-refractivity contribution in [3.8, 4) is 11.1 Å². The number of carboxylic acids is 1. The van der Waals surface area contributed by atoms with E-state index >= 15 is 0 Å². The molecule has 2 aliphatic rings. The number of carbonyl (C=O) groups excluding carboxylic acids is 1. The lowest BCUT2D eigenvalue weighted by Crippen LogP contribution is -2.47. The van der Waals surface area contributed by atoms with Gasteiger partial charge in [-0.3, -0.25) is 4.79 Å². The Labute approximate surface area is 158 Å². The molecule has 2 aromatic carbocycles. The van der Waals surface area contributed by atoms with Gasteiger partial charge in [0.1, 0.15) is 6.61 Å². The molecule has 2 aromatic rings. The van der Waals surface area contributed by atoms with E-state index in [-0.39, 0.29) is 25.1 Å². The third-order valence-electron chi connectivity index (χ3n) is 5.80. The van der Waals surface area contributed by atoms with Crippen molar-refractivity contribution in [2.75, 3.05) is 13.2 Å². The average molecular weight is 365 g/mol. The summed E-state index contributed by atoms with van der Waals surface area (Å²) in [6.07, 6.45) is 0.862. The molecule has 0 spiro atoms. The van der Waals surface area contributed by atoms with Crippen LogP contribution in [0.2, 0.25) is 0 Å². The summed E-state index contributed by atoms with van der Waals surface area (Å²) >= 11 is 0. The molecule has 1 heterocycles. The number of hydrogen-bond acceptors (Lipinski definition) is 3. The minimum absolute atomic E-state index is 0.00347. The second-order valence-electron chi connectivity index (χ2n) is 7.42. The van der Waals surface area contributed by atoms with Crippen LogP contribution in [-0.2, 0) is 9.53 Å². The topological polar surface area (TPSA) is 66.8 Å². The zero-order chi connectivity index (χ0) is 19.0. The summed E-state index contributed by atoms with van der Waals surface area (Å²) in [5.41, 5.74) is 4.71. The van der Waals surface area contributed by atoms with Gasteiger partial charge in [-0.15, -0.1) is 0 Å². The van der Waals surface area contributed by atoms with E-state index in [1.54, 1.807) is 4.90 Å². The molecule has 2 atom stereocenters. The molecule has 1 aliphatic carbocycles. The van der Waals surface area contributed by atoms with Gasteiger partial charge < -0.3 is 14.7 Å². The van der Waals surface area contributed by atoms with Crippen LogP contribution in [0.15, 0.2) is 48.5 Å². The first-order valence-corrected chi connectivity index (χ1v) is 9.40. The van der Waals surface area contributed by atoms with Crippen LogP contribution in [0.3, 0.4) is 0 Å². The van der Waals surface area contributed by atoms with E-state index < -0.39 is 18.0 Å². The Morgan fingerprint density at radius 1 is 1.04 bits per heavy atom. The SMILES string of the molecule is C[C@H]1CC[C@H](C(=O)O)CN1C(=O)OCC1c2ccccc2-c2ccccc21. The first-order valence-electron chi connectivity index (χ1n) is 9.40. The number of fused-ring (bicyclic) bond motifs is 3. The Morgan fingerprint density at radius 3 is 2.22 bits per heavy atom. The fourth-order valence-corrected chi connectivity index (χ4v) is 4.24. The van der Waals surface area contributed by atoms with Crippen molar-refractivity contribution in [1.82, 2.24) is 4.90 Å². The largest absolute Gasteiger partial charge is 0.481 e. The molecule has 0 saturated carbocycles. The van der Waals surface area contributed by atoms with Crippen LogP contribution in [-0.4, -0.2) is 41.3 Å². The molecule has 5 heteroatoms. The van der Waals surface area contributed by atoms with E-state index in [4.69, 9.17) is 4.74 Å². The van der Waals surface area contributed by atoms with Gasteiger partial charge in [0.2, 0.25) is 0 Å². The van der Waals surface area contributed by atoms with Gasteiger partial charge in [0.05, 0.1) is 5.92 Å². The number of carboxylic acid groups (broad SMARTS) is 1. The van der Waals surface area contributed by atoms with Crippen molar-refractivity contribution in [2.45, 2.75) is 31.7 Å². The summed E-state index contributed by atoms with van der Waals surface area (Å²) in [7, 11) is 0. The molecule has 4 rings (SSSR count). The second-order valence-corrected chi connectivity index (χ2v) is 7.42. The molecule has 1 N–H and O–H groups in total. The molecule has 0 aromatic heterocycles. The zero-order valence-corrected chi connectivity index (χ0v) is 15.3. The monoisotopic (exact) mass is 365 g/mol. The number of carbonyl (C=O) groups is 2. The lowest BCUT2D eigenvalue weighted by Gasteiger charge is -2.35. The molecule has 1 amide bonds.